The number of unbranched alkanes of at least 4 members (excludes halogenated alkanes) is 2. The molecule has 2 rings (SSSR count). The summed E-state index contributed by atoms with van der Waals surface area (Å²) in [5, 5.41) is -0.686. The van der Waals surface area contributed by atoms with E-state index in [0.29, 0.717) is 36.9 Å². The minimum atomic E-state index is -2.67. The second-order valence-corrected chi connectivity index (χ2v) is 7.23. The number of imide groups is 1. The van der Waals surface area contributed by atoms with Crippen molar-refractivity contribution >= 4 is 31.4 Å². The molecule has 7 heteroatoms. The summed E-state index contributed by atoms with van der Waals surface area (Å²) in [6.45, 7) is 0.369. The number of hydrogen-bond acceptors (Lipinski definition) is 3. The molecule has 2 amide bonds. The van der Waals surface area contributed by atoms with Crippen LogP contribution in [0.25, 0.3) is 0 Å². The summed E-state index contributed by atoms with van der Waals surface area (Å²) in [5.41, 5.74) is 0.921. The highest BCUT2D eigenvalue weighted by Crippen LogP contribution is 2.30. The molecule has 1 aliphatic heterocycles. The number of carbonyl (C=O) groups excluding carboxylic acids is 2. The molecule has 0 bridgehead atoms. The first kappa shape index (κ1) is 16.2. The first-order chi connectivity index (χ1) is 10.0. The van der Waals surface area contributed by atoms with Crippen molar-refractivity contribution in [3.8, 4) is 0 Å². The van der Waals surface area contributed by atoms with Crippen LogP contribution < -0.4 is 0 Å². The van der Waals surface area contributed by atoms with E-state index in [1.165, 1.54) is 4.90 Å². The number of hydrogen-bond donors (Lipinski definition) is 1. The van der Waals surface area contributed by atoms with Gasteiger partial charge in [-0.3, -0.25) is 19.1 Å². The third-order valence-electron chi connectivity index (χ3n) is 3.49. The van der Waals surface area contributed by atoms with Crippen molar-refractivity contribution in [3.05, 3.63) is 35.4 Å². The largest absolute Gasteiger partial charge is 0.345 e. The van der Waals surface area contributed by atoms with Gasteiger partial charge in [-0.05, 0) is 25.0 Å². The van der Waals surface area contributed by atoms with Crippen molar-refractivity contribution in [2.24, 2.45) is 0 Å². The zero-order valence-corrected chi connectivity index (χ0v) is 13.2. The molecule has 1 aromatic carbocycles. The molecule has 0 aromatic heterocycles. The van der Waals surface area contributed by atoms with Gasteiger partial charge in [0.05, 0.1) is 11.1 Å². The lowest BCUT2D eigenvalue weighted by molar-refractivity contribution is 0.0651. The Bertz CT molecular complexity index is 543. The van der Waals surface area contributed by atoms with Crippen LogP contribution in [0.15, 0.2) is 24.3 Å². The minimum absolute atomic E-state index is 0.244. The Hall–Kier alpha value is -1.16. The summed E-state index contributed by atoms with van der Waals surface area (Å²) in [6, 6.07) is 6.80. The third kappa shape index (κ3) is 3.73. The van der Waals surface area contributed by atoms with Crippen LogP contribution in [0.3, 0.4) is 0 Å². The molecule has 0 saturated carbocycles. The molecule has 0 aliphatic carbocycles. The molecule has 2 unspecified atom stereocenters. The normalized spacial score (nSPS) is 17.0. The number of benzene rings is 1. The molecule has 0 spiro atoms. The lowest BCUT2D eigenvalue weighted by Crippen LogP contribution is -2.30. The van der Waals surface area contributed by atoms with Crippen LogP contribution in [0.1, 0.15) is 46.4 Å². The van der Waals surface area contributed by atoms with Gasteiger partial charge in [-0.1, -0.05) is 25.0 Å². The van der Waals surface area contributed by atoms with E-state index in [0.717, 1.165) is 6.42 Å². The van der Waals surface area contributed by atoms with E-state index < -0.39 is 13.1 Å². The fourth-order valence-corrected chi connectivity index (χ4v) is 2.94. The standard InChI is InChI=1S/C14H17ClNO4P/c15-12(21(19)20)8-2-1-5-9-16-13(17)10-6-3-4-7-11(10)14(16)18/h3-4,6-7,12,21H,1-2,5,8-9H2,(H,19,20). The Morgan fingerprint density at radius 3 is 2.19 bits per heavy atom. The van der Waals surface area contributed by atoms with E-state index in [4.69, 9.17) is 16.5 Å². The van der Waals surface area contributed by atoms with Crippen LogP contribution >= 0.6 is 19.6 Å². The molecule has 0 saturated heterocycles. The van der Waals surface area contributed by atoms with Crippen LogP contribution in [-0.4, -0.2) is 33.3 Å². The van der Waals surface area contributed by atoms with Crippen molar-refractivity contribution in [3.63, 3.8) is 0 Å². The number of fused-ring (bicyclic) bond motifs is 1. The zero-order valence-electron chi connectivity index (χ0n) is 11.4. The number of halogens is 1. The monoisotopic (exact) mass is 329 g/mol. The molecule has 21 heavy (non-hydrogen) atoms. The van der Waals surface area contributed by atoms with Gasteiger partial charge in [-0.25, -0.2) is 0 Å². The highest BCUT2D eigenvalue weighted by Gasteiger charge is 2.34. The SMILES string of the molecule is O=C1c2ccccc2C(=O)N1CCCCCC(Cl)[PH](=O)O. The topological polar surface area (TPSA) is 74.7 Å². The first-order valence-corrected chi connectivity index (χ1v) is 8.71. The molecule has 1 aliphatic rings. The van der Waals surface area contributed by atoms with Crippen molar-refractivity contribution in [2.45, 2.75) is 30.8 Å². The van der Waals surface area contributed by atoms with E-state index in [2.05, 4.69) is 0 Å². The average molecular weight is 330 g/mol. The molecular formula is C14H17ClNO4P. The predicted octanol–water partition coefficient (Wildman–Crippen LogP) is 2.87. The molecule has 5 nitrogen and oxygen atoms in total. The average Bonchev–Trinajstić information content (AvgIpc) is 2.71. The summed E-state index contributed by atoms with van der Waals surface area (Å²) >= 11 is 5.69. The van der Waals surface area contributed by atoms with Crippen LogP contribution in [0.4, 0.5) is 0 Å². The predicted molar refractivity (Wildman–Crippen MR) is 81.1 cm³/mol. The van der Waals surface area contributed by atoms with Gasteiger partial charge >= 0.3 is 0 Å². The lowest BCUT2D eigenvalue weighted by Gasteiger charge is -2.13. The van der Waals surface area contributed by atoms with E-state index >= 15 is 0 Å². The van der Waals surface area contributed by atoms with Gasteiger partial charge in [0, 0.05) is 6.54 Å². The summed E-state index contributed by atoms with van der Waals surface area (Å²) in [5.74, 6) is -0.488. The van der Waals surface area contributed by atoms with Gasteiger partial charge in [0.2, 0.25) is 8.03 Å². The van der Waals surface area contributed by atoms with Crippen molar-refractivity contribution < 1.29 is 19.0 Å². The summed E-state index contributed by atoms with van der Waals surface area (Å²) in [7, 11) is -2.67. The molecule has 114 valence electrons. The van der Waals surface area contributed by atoms with E-state index in [9.17, 15) is 14.2 Å². The van der Waals surface area contributed by atoms with E-state index in [1.54, 1.807) is 24.3 Å². The van der Waals surface area contributed by atoms with Crippen LogP contribution in [0, 0.1) is 0 Å². The van der Waals surface area contributed by atoms with E-state index in [1.807, 2.05) is 0 Å². The second-order valence-electron chi connectivity index (χ2n) is 4.96. The summed E-state index contributed by atoms with van der Waals surface area (Å²) in [4.78, 5) is 34.3. The number of alkyl halides is 1. The molecule has 0 radical (unpaired) electrons. The molecule has 1 N–H and O–H groups in total. The van der Waals surface area contributed by atoms with Gasteiger partial charge in [0.15, 0.2) is 0 Å². The fraction of sp³-hybridized carbons (Fsp3) is 0.429. The third-order valence-corrected chi connectivity index (χ3v) is 5.09. The number of rotatable bonds is 7. The van der Waals surface area contributed by atoms with Crippen molar-refractivity contribution in [1.82, 2.24) is 4.90 Å². The molecule has 2 atom stereocenters. The fourth-order valence-electron chi connectivity index (χ4n) is 2.34. The summed E-state index contributed by atoms with van der Waals surface area (Å²) in [6.07, 6.45) is 2.60. The lowest BCUT2D eigenvalue weighted by atomic mass is 10.1. The molecule has 0 fully saturated rings. The van der Waals surface area contributed by atoms with Gasteiger partial charge < -0.3 is 4.89 Å². The Labute approximate surface area is 128 Å². The van der Waals surface area contributed by atoms with Gasteiger partial charge in [-0.15, -0.1) is 11.6 Å². The minimum Gasteiger partial charge on any atom is -0.345 e. The Kier molecular flexibility index (Phi) is 5.57. The quantitative estimate of drug-likeness (QED) is 0.361. The van der Waals surface area contributed by atoms with Crippen LogP contribution in [0.2, 0.25) is 0 Å². The first-order valence-electron chi connectivity index (χ1n) is 6.84. The summed E-state index contributed by atoms with van der Waals surface area (Å²) < 4.78 is 10.7. The van der Waals surface area contributed by atoms with Crippen LogP contribution in [0.5, 0.6) is 0 Å². The molecular weight excluding hydrogens is 313 g/mol. The van der Waals surface area contributed by atoms with Crippen molar-refractivity contribution in [2.75, 3.05) is 6.54 Å². The smallest absolute Gasteiger partial charge is 0.261 e. The zero-order chi connectivity index (χ0) is 15.4. The number of amides is 2. The maximum atomic E-state index is 12.1. The van der Waals surface area contributed by atoms with Crippen molar-refractivity contribution in [1.29, 1.82) is 0 Å². The number of carbonyl (C=O) groups is 2. The highest BCUT2D eigenvalue weighted by molar-refractivity contribution is 7.41. The maximum absolute atomic E-state index is 12.1. The Morgan fingerprint density at radius 1 is 1.10 bits per heavy atom. The second kappa shape index (κ2) is 7.21. The Balaban J connectivity index is 1.79. The van der Waals surface area contributed by atoms with Gasteiger partial charge in [-0.2, -0.15) is 0 Å². The molecule has 1 heterocycles. The highest BCUT2D eigenvalue weighted by atomic mass is 35.5. The number of nitrogens with zero attached hydrogens (tertiary/aromatic N) is 1. The molecule has 1 aromatic rings. The Morgan fingerprint density at radius 2 is 1.67 bits per heavy atom. The van der Waals surface area contributed by atoms with Gasteiger partial charge in [0.1, 0.15) is 5.12 Å². The van der Waals surface area contributed by atoms with E-state index in [-0.39, 0.29) is 11.8 Å². The van der Waals surface area contributed by atoms with Gasteiger partial charge in [0.25, 0.3) is 11.8 Å². The maximum Gasteiger partial charge on any atom is 0.261 e. The van der Waals surface area contributed by atoms with Crippen LogP contribution in [-0.2, 0) is 4.57 Å².